The zero-order valence-corrected chi connectivity index (χ0v) is 12.5. The molecule has 0 aromatic heterocycles. The lowest BCUT2D eigenvalue weighted by Crippen LogP contribution is -2.33. The average molecular weight is 286 g/mol. The maximum Gasteiger partial charge on any atom is 0.245 e. The maximum absolute atomic E-state index is 12.2. The number of benzene rings is 1. The fourth-order valence-electron chi connectivity index (χ4n) is 1.86. The Morgan fingerprint density at radius 1 is 1.26 bits per heavy atom. The van der Waals surface area contributed by atoms with Gasteiger partial charge in [-0.25, -0.2) is 0 Å². The van der Waals surface area contributed by atoms with Crippen molar-refractivity contribution < 1.29 is 14.3 Å². The van der Waals surface area contributed by atoms with Crippen LogP contribution in [-0.2, 0) is 4.79 Å². The lowest BCUT2D eigenvalue weighted by atomic mass is 10.1. The van der Waals surface area contributed by atoms with Crippen LogP contribution < -0.4 is 9.47 Å². The summed E-state index contributed by atoms with van der Waals surface area (Å²) in [5.74, 6) is 1.11. The summed E-state index contributed by atoms with van der Waals surface area (Å²) in [6.07, 6.45) is 0. The van der Waals surface area contributed by atoms with Crippen molar-refractivity contribution in [2.24, 2.45) is 0 Å². The molecule has 19 heavy (non-hydrogen) atoms. The van der Waals surface area contributed by atoms with Gasteiger partial charge in [0.05, 0.1) is 14.2 Å². The van der Waals surface area contributed by atoms with Gasteiger partial charge >= 0.3 is 0 Å². The van der Waals surface area contributed by atoms with Crippen molar-refractivity contribution in [1.29, 1.82) is 0 Å². The molecule has 0 N–H and O–H groups in total. The van der Waals surface area contributed by atoms with Gasteiger partial charge in [-0.2, -0.15) is 0 Å². The first-order chi connectivity index (χ1) is 9.08. The molecule has 1 rings (SSSR count). The molecule has 5 heteroatoms. The fourth-order valence-corrected chi connectivity index (χ4v) is 2.17. The number of amides is 1. The first-order valence-corrected chi connectivity index (χ1v) is 6.67. The van der Waals surface area contributed by atoms with Gasteiger partial charge < -0.3 is 14.4 Å². The second-order valence-electron chi connectivity index (χ2n) is 3.98. The summed E-state index contributed by atoms with van der Waals surface area (Å²) in [5, 5.41) is -0.749. The molecular weight excluding hydrogens is 266 g/mol. The molecule has 1 amide bonds. The molecule has 0 saturated carbocycles. The zero-order chi connectivity index (χ0) is 14.4. The maximum atomic E-state index is 12.2. The van der Waals surface area contributed by atoms with Gasteiger partial charge in [0.25, 0.3) is 0 Å². The predicted octanol–water partition coefficient (Wildman–Crippen LogP) is 2.85. The van der Waals surface area contributed by atoms with Crippen LogP contribution in [0.4, 0.5) is 0 Å². The number of rotatable bonds is 6. The zero-order valence-electron chi connectivity index (χ0n) is 11.8. The highest BCUT2D eigenvalue weighted by molar-refractivity contribution is 6.31. The first kappa shape index (κ1) is 15.6. The number of halogens is 1. The summed E-state index contributed by atoms with van der Waals surface area (Å²) < 4.78 is 10.4. The first-order valence-electron chi connectivity index (χ1n) is 6.23. The Balaban J connectivity index is 3.04. The van der Waals surface area contributed by atoms with Crippen molar-refractivity contribution in [3.8, 4) is 11.5 Å². The molecular formula is C14H20ClNO3. The smallest absolute Gasteiger partial charge is 0.245 e. The highest BCUT2D eigenvalue weighted by Gasteiger charge is 2.25. The Bertz CT molecular complexity index is 433. The monoisotopic (exact) mass is 285 g/mol. The molecule has 0 saturated heterocycles. The van der Waals surface area contributed by atoms with Crippen molar-refractivity contribution >= 4 is 17.5 Å². The Morgan fingerprint density at radius 3 is 2.37 bits per heavy atom. The molecule has 0 aliphatic heterocycles. The Morgan fingerprint density at radius 2 is 1.89 bits per heavy atom. The lowest BCUT2D eigenvalue weighted by molar-refractivity contribution is -0.130. The van der Waals surface area contributed by atoms with E-state index in [9.17, 15) is 4.79 Å². The molecule has 0 aliphatic rings. The quantitative estimate of drug-likeness (QED) is 0.755. The molecule has 0 bridgehead atoms. The van der Waals surface area contributed by atoms with E-state index in [2.05, 4.69) is 0 Å². The minimum atomic E-state index is -0.749. The van der Waals surface area contributed by atoms with Crippen molar-refractivity contribution in [1.82, 2.24) is 4.90 Å². The summed E-state index contributed by atoms with van der Waals surface area (Å²) in [6, 6.07) is 5.25. The summed E-state index contributed by atoms with van der Waals surface area (Å²) in [5.41, 5.74) is 0.655. The van der Waals surface area contributed by atoms with E-state index in [1.54, 1.807) is 37.3 Å². The number of alkyl halides is 1. The van der Waals surface area contributed by atoms with Crippen LogP contribution in [0.25, 0.3) is 0 Å². The number of hydrogen-bond acceptors (Lipinski definition) is 3. The molecule has 4 nitrogen and oxygen atoms in total. The highest BCUT2D eigenvalue weighted by Crippen LogP contribution is 2.33. The number of carbonyl (C=O) groups is 1. The second-order valence-corrected chi connectivity index (χ2v) is 4.42. The third-order valence-corrected chi connectivity index (χ3v) is 3.43. The molecule has 0 heterocycles. The number of methoxy groups -OCH3 is 2. The molecule has 1 atom stereocenters. The van der Waals surface area contributed by atoms with Crippen LogP contribution in [0.15, 0.2) is 18.2 Å². The van der Waals surface area contributed by atoms with E-state index in [-0.39, 0.29) is 5.91 Å². The van der Waals surface area contributed by atoms with E-state index in [4.69, 9.17) is 21.1 Å². The van der Waals surface area contributed by atoms with Gasteiger partial charge in [0, 0.05) is 24.7 Å². The van der Waals surface area contributed by atoms with E-state index >= 15 is 0 Å². The van der Waals surface area contributed by atoms with Crippen LogP contribution in [0.5, 0.6) is 11.5 Å². The van der Waals surface area contributed by atoms with Crippen LogP contribution in [0.3, 0.4) is 0 Å². The van der Waals surface area contributed by atoms with Crippen LogP contribution in [0, 0.1) is 0 Å². The molecule has 0 spiro atoms. The van der Waals surface area contributed by atoms with E-state index in [0.29, 0.717) is 30.2 Å². The molecule has 0 fully saturated rings. The summed E-state index contributed by atoms with van der Waals surface area (Å²) in [6.45, 7) is 5.13. The van der Waals surface area contributed by atoms with Gasteiger partial charge in [0.2, 0.25) is 5.91 Å². The summed E-state index contributed by atoms with van der Waals surface area (Å²) in [4.78, 5) is 13.9. The third kappa shape index (κ3) is 3.53. The number of hydrogen-bond donors (Lipinski definition) is 0. The molecule has 0 aliphatic carbocycles. The van der Waals surface area contributed by atoms with Crippen molar-refractivity contribution in [3.63, 3.8) is 0 Å². The van der Waals surface area contributed by atoms with Crippen molar-refractivity contribution in [2.45, 2.75) is 19.2 Å². The number of ether oxygens (including phenoxy) is 2. The third-order valence-electron chi connectivity index (χ3n) is 3.01. The molecule has 1 unspecified atom stereocenters. The predicted molar refractivity (Wildman–Crippen MR) is 76.1 cm³/mol. The largest absolute Gasteiger partial charge is 0.497 e. The average Bonchev–Trinajstić information content (AvgIpc) is 2.46. The normalized spacial score (nSPS) is 11.8. The number of likely N-dealkylation sites (N-methyl/N-ethyl adjacent to an activating group) is 1. The van der Waals surface area contributed by atoms with Gasteiger partial charge in [0.15, 0.2) is 0 Å². The van der Waals surface area contributed by atoms with Crippen LogP contribution >= 0.6 is 11.6 Å². The number of nitrogens with zero attached hydrogens (tertiary/aromatic N) is 1. The Hall–Kier alpha value is -1.42. The second kappa shape index (κ2) is 7.24. The van der Waals surface area contributed by atoms with Gasteiger partial charge in [-0.05, 0) is 26.0 Å². The van der Waals surface area contributed by atoms with E-state index in [1.807, 2.05) is 13.8 Å². The minimum absolute atomic E-state index is 0.116. The van der Waals surface area contributed by atoms with Gasteiger partial charge in [0.1, 0.15) is 16.9 Å². The van der Waals surface area contributed by atoms with E-state index in [1.165, 1.54) is 0 Å². The summed E-state index contributed by atoms with van der Waals surface area (Å²) in [7, 11) is 3.12. The van der Waals surface area contributed by atoms with Gasteiger partial charge in [-0.1, -0.05) is 0 Å². The topological polar surface area (TPSA) is 38.8 Å². The van der Waals surface area contributed by atoms with Crippen molar-refractivity contribution in [3.05, 3.63) is 23.8 Å². The van der Waals surface area contributed by atoms with E-state index < -0.39 is 5.38 Å². The lowest BCUT2D eigenvalue weighted by Gasteiger charge is -2.23. The van der Waals surface area contributed by atoms with Gasteiger partial charge in [-0.3, -0.25) is 4.79 Å². The Labute approximate surface area is 119 Å². The SMILES string of the molecule is CCN(CC)C(=O)C(Cl)c1ccc(OC)cc1OC. The Kier molecular flexibility index (Phi) is 5.96. The van der Waals surface area contributed by atoms with Crippen LogP contribution in [0.2, 0.25) is 0 Å². The van der Waals surface area contributed by atoms with Gasteiger partial charge in [-0.15, -0.1) is 11.6 Å². The van der Waals surface area contributed by atoms with Crippen LogP contribution in [0.1, 0.15) is 24.8 Å². The minimum Gasteiger partial charge on any atom is -0.497 e. The fraction of sp³-hybridized carbons (Fsp3) is 0.500. The standard InChI is InChI=1S/C14H20ClNO3/c1-5-16(6-2)14(17)13(15)11-8-7-10(18-3)9-12(11)19-4/h7-9,13H,5-6H2,1-4H3. The highest BCUT2D eigenvalue weighted by atomic mass is 35.5. The molecule has 106 valence electrons. The molecule has 1 aromatic rings. The van der Waals surface area contributed by atoms with Crippen LogP contribution in [-0.4, -0.2) is 38.1 Å². The molecule has 1 aromatic carbocycles. The van der Waals surface area contributed by atoms with E-state index in [0.717, 1.165) is 0 Å². The van der Waals surface area contributed by atoms with Crippen molar-refractivity contribution in [2.75, 3.05) is 27.3 Å². The summed E-state index contributed by atoms with van der Waals surface area (Å²) >= 11 is 6.28. The molecule has 0 radical (unpaired) electrons. The number of carbonyl (C=O) groups excluding carboxylic acids is 1.